The van der Waals surface area contributed by atoms with Gasteiger partial charge in [0.2, 0.25) is 0 Å². The zero-order valence-corrected chi connectivity index (χ0v) is 12.7. The van der Waals surface area contributed by atoms with Crippen molar-refractivity contribution in [2.75, 3.05) is 46.8 Å². The topological polar surface area (TPSA) is 67.2 Å². The minimum absolute atomic E-state index is 0.0780. The first-order valence-electron chi connectivity index (χ1n) is 6.70. The SMILES string of the molecule is CC(C)(C)NCCC[N+](C)(C)CC(=O)NCCN. The molecule has 0 fully saturated rings. The predicted molar refractivity (Wildman–Crippen MR) is 76.3 cm³/mol. The van der Waals surface area contributed by atoms with E-state index in [9.17, 15) is 4.79 Å². The van der Waals surface area contributed by atoms with E-state index in [1.54, 1.807) is 0 Å². The Morgan fingerprint density at radius 3 is 2.33 bits per heavy atom. The van der Waals surface area contributed by atoms with Gasteiger partial charge in [0.05, 0.1) is 20.6 Å². The van der Waals surface area contributed by atoms with Crippen LogP contribution in [-0.2, 0) is 4.79 Å². The first-order chi connectivity index (χ1) is 8.16. The zero-order chi connectivity index (χ0) is 14.2. The fraction of sp³-hybridized carbons (Fsp3) is 0.923. The average Bonchev–Trinajstić information content (AvgIpc) is 2.19. The number of likely N-dealkylation sites (N-methyl/N-ethyl adjacent to an activating group) is 1. The number of nitrogens with one attached hydrogen (secondary N) is 2. The van der Waals surface area contributed by atoms with E-state index in [0.29, 0.717) is 24.1 Å². The fourth-order valence-corrected chi connectivity index (χ4v) is 1.71. The van der Waals surface area contributed by atoms with Crippen LogP contribution < -0.4 is 16.4 Å². The first kappa shape index (κ1) is 17.4. The third kappa shape index (κ3) is 10.5. The molecule has 108 valence electrons. The second-order valence-corrected chi connectivity index (χ2v) is 6.49. The molecule has 18 heavy (non-hydrogen) atoms. The van der Waals surface area contributed by atoms with Crippen molar-refractivity contribution in [2.24, 2.45) is 5.73 Å². The molecule has 0 aliphatic heterocycles. The smallest absolute Gasteiger partial charge is 0.275 e. The maximum atomic E-state index is 11.6. The summed E-state index contributed by atoms with van der Waals surface area (Å²) in [6, 6.07) is 0. The van der Waals surface area contributed by atoms with Crippen LogP contribution >= 0.6 is 0 Å². The Hall–Kier alpha value is -0.650. The minimum Gasteiger partial charge on any atom is -0.350 e. The molecule has 0 saturated carbocycles. The fourth-order valence-electron chi connectivity index (χ4n) is 1.71. The Bertz CT molecular complexity index is 246. The van der Waals surface area contributed by atoms with Crippen LogP contribution in [-0.4, -0.2) is 62.7 Å². The Morgan fingerprint density at radius 1 is 1.22 bits per heavy atom. The quantitative estimate of drug-likeness (QED) is 0.422. The lowest BCUT2D eigenvalue weighted by molar-refractivity contribution is -0.882. The Labute approximate surface area is 112 Å². The molecule has 0 aliphatic rings. The Balaban J connectivity index is 3.82. The summed E-state index contributed by atoms with van der Waals surface area (Å²) < 4.78 is 0.711. The largest absolute Gasteiger partial charge is 0.350 e. The highest BCUT2D eigenvalue weighted by Gasteiger charge is 2.19. The molecule has 0 aliphatic carbocycles. The molecule has 0 aromatic heterocycles. The molecule has 0 unspecified atom stereocenters. The van der Waals surface area contributed by atoms with Gasteiger partial charge in [-0.25, -0.2) is 0 Å². The molecule has 5 heteroatoms. The van der Waals surface area contributed by atoms with Gasteiger partial charge in [0, 0.05) is 31.6 Å². The monoisotopic (exact) mass is 259 g/mol. The van der Waals surface area contributed by atoms with Crippen LogP contribution in [0.25, 0.3) is 0 Å². The van der Waals surface area contributed by atoms with Crippen molar-refractivity contribution in [3.05, 3.63) is 0 Å². The van der Waals surface area contributed by atoms with Crippen molar-refractivity contribution in [1.82, 2.24) is 10.6 Å². The highest BCUT2D eigenvalue weighted by molar-refractivity contribution is 5.77. The van der Waals surface area contributed by atoms with Crippen LogP contribution in [0.4, 0.5) is 0 Å². The van der Waals surface area contributed by atoms with E-state index in [2.05, 4.69) is 45.5 Å². The summed E-state index contributed by atoms with van der Waals surface area (Å²) in [5, 5.41) is 6.26. The van der Waals surface area contributed by atoms with Gasteiger partial charge in [0.1, 0.15) is 0 Å². The average molecular weight is 259 g/mol. The van der Waals surface area contributed by atoms with Gasteiger partial charge in [-0.15, -0.1) is 0 Å². The maximum absolute atomic E-state index is 11.6. The van der Waals surface area contributed by atoms with Gasteiger partial charge in [0.25, 0.3) is 5.91 Å². The minimum atomic E-state index is 0.0780. The van der Waals surface area contributed by atoms with Gasteiger partial charge < -0.3 is 20.9 Å². The highest BCUT2D eigenvalue weighted by atomic mass is 16.2. The van der Waals surface area contributed by atoms with E-state index in [1.165, 1.54) is 0 Å². The normalized spacial score (nSPS) is 12.6. The van der Waals surface area contributed by atoms with Gasteiger partial charge >= 0.3 is 0 Å². The van der Waals surface area contributed by atoms with E-state index in [-0.39, 0.29) is 11.4 Å². The summed E-state index contributed by atoms with van der Waals surface area (Å²) >= 11 is 0. The van der Waals surface area contributed by atoms with Crippen molar-refractivity contribution in [2.45, 2.75) is 32.7 Å². The van der Waals surface area contributed by atoms with Crippen LogP contribution in [0.2, 0.25) is 0 Å². The summed E-state index contributed by atoms with van der Waals surface area (Å²) in [6.07, 6.45) is 1.06. The van der Waals surface area contributed by atoms with E-state index < -0.39 is 0 Å². The van der Waals surface area contributed by atoms with Gasteiger partial charge in [-0.1, -0.05) is 0 Å². The molecule has 0 bridgehead atoms. The summed E-state index contributed by atoms with van der Waals surface area (Å²) in [5.41, 5.74) is 5.51. The third-order valence-electron chi connectivity index (χ3n) is 2.63. The van der Waals surface area contributed by atoms with Crippen molar-refractivity contribution in [1.29, 1.82) is 0 Å². The van der Waals surface area contributed by atoms with Crippen molar-refractivity contribution in [3.63, 3.8) is 0 Å². The van der Waals surface area contributed by atoms with Gasteiger partial charge in [-0.05, 0) is 20.8 Å². The van der Waals surface area contributed by atoms with Crippen molar-refractivity contribution in [3.8, 4) is 0 Å². The molecule has 1 amide bonds. The summed E-state index contributed by atoms with van der Waals surface area (Å²) in [5.74, 6) is 0.0780. The second-order valence-electron chi connectivity index (χ2n) is 6.49. The zero-order valence-electron chi connectivity index (χ0n) is 12.7. The number of amides is 1. The molecule has 0 radical (unpaired) electrons. The van der Waals surface area contributed by atoms with Crippen LogP contribution in [0.3, 0.4) is 0 Å². The number of quaternary nitrogens is 1. The Kier molecular flexibility index (Phi) is 7.43. The number of carbonyl (C=O) groups is 1. The van der Waals surface area contributed by atoms with Crippen LogP contribution in [0.15, 0.2) is 0 Å². The Morgan fingerprint density at radius 2 is 1.83 bits per heavy atom. The third-order valence-corrected chi connectivity index (χ3v) is 2.63. The molecule has 0 atom stereocenters. The molecule has 0 aromatic carbocycles. The standard InChI is InChI=1S/C13H30N4O/c1-13(2,3)16-8-6-10-17(4,5)11-12(18)15-9-7-14/h16H,6-11,14H2,1-5H3/p+1. The van der Waals surface area contributed by atoms with Crippen LogP contribution in [0, 0.1) is 0 Å². The number of hydrogen-bond donors (Lipinski definition) is 3. The molecular formula is C13H31N4O+. The summed E-state index contributed by atoms with van der Waals surface area (Å²) in [7, 11) is 4.16. The van der Waals surface area contributed by atoms with Gasteiger partial charge in [0.15, 0.2) is 6.54 Å². The maximum Gasteiger partial charge on any atom is 0.275 e. The molecular weight excluding hydrogens is 228 g/mol. The molecule has 0 spiro atoms. The number of hydrogen-bond acceptors (Lipinski definition) is 3. The van der Waals surface area contributed by atoms with Crippen molar-refractivity contribution >= 4 is 5.91 Å². The summed E-state index contributed by atoms with van der Waals surface area (Å²) in [6.45, 7) is 10.0. The van der Waals surface area contributed by atoms with Crippen LogP contribution in [0.5, 0.6) is 0 Å². The molecule has 0 saturated heterocycles. The van der Waals surface area contributed by atoms with Crippen LogP contribution in [0.1, 0.15) is 27.2 Å². The van der Waals surface area contributed by atoms with Gasteiger partial charge in [-0.2, -0.15) is 0 Å². The predicted octanol–water partition coefficient (Wildman–Crippen LogP) is -0.0841. The second kappa shape index (κ2) is 7.71. The number of nitrogens with zero attached hydrogens (tertiary/aromatic N) is 1. The highest BCUT2D eigenvalue weighted by Crippen LogP contribution is 2.01. The molecule has 0 aromatic rings. The van der Waals surface area contributed by atoms with Crippen molar-refractivity contribution < 1.29 is 9.28 Å². The number of carbonyl (C=O) groups excluding carboxylic acids is 1. The van der Waals surface area contributed by atoms with E-state index in [4.69, 9.17) is 5.73 Å². The molecule has 0 heterocycles. The van der Waals surface area contributed by atoms with E-state index in [0.717, 1.165) is 19.5 Å². The van der Waals surface area contributed by atoms with Gasteiger partial charge in [-0.3, -0.25) is 4.79 Å². The van der Waals surface area contributed by atoms with E-state index >= 15 is 0 Å². The molecule has 5 nitrogen and oxygen atoms in total. The first-order valence-corrected chi connectivity index (χ1v) is 6.70. The molecule has 0 rings (SSSR count). The lowest BCUT2D eigenvalue weighted by atomic mass is 10.1. The van der Waals surface area contributed by atoms with E-state index in [1.807, 2.05) is 0 Å². The summed E-state index contributed by atoms with van der Waals surface area (Å²) in [4.78, 5) is 11.6. The molecule has 4 N–H and O–H groups in total. The number of nitrogens with two attached hydrogens (primary N) is 1. The number of rotatable bonds is 8. The lowest BCUT2D eigenvalue weighted by Gasteiger charge is -2.30. The lowest BCUT2D eigenvalue weighted by Crippen LogP contribution is -2.49.